The third kappa shape index (κ3) is 4.26. The molecule has 156 valence electrons. The van der Waals surface area contributed by atoms with Gasteiger partial charge in [0.25, 0.3) is 0 Å². The second kappa shape index (κ2) is 8.89. The van der Waals surface area contributed by atoms with Crippen LogP contribution in [0.5, 0.6) is 11.5 Å². The number of ether oxygens (including phenoxy) is 2. The number of pyridine rings is 1. The summed E-state index contributed by atoms with van der Waals surface area (Å²) < 4.78 is 11.0. The van der Waals surface area contributed by atoms with Crippen LogP contribution < -0.4 is 14.4 Å². The zero-order valence-electron chi connectivity index (χ0n) is 17.5. The van der Waals surface area contributed by atoms with Crippen molar-refractivity contribution in [3.8, 4) is 11.5 Å². The molecule has 2 aliphatic heterocycles. The van der Waals surface area contributed by atoms with Gasteiger partial charge in [0.05, 0.1) is 14.2 Å². The van der Waals surface area contributed by atoms with Gasteiger partial charge >= 0.3 is 0 Å². The number of fused-ring (bicyclic) bond motifs is 1. The summed E-state index contributed by atoms with van der Waals surface area (Å²) in [5.41, 5.74) is 0. The molecule has 1 atom stereocenters. The molecule has 2 aromatic rings. The third-order valence-electron chi connectivity index (χ3n) is 6.29. The number of nitrogens with zero attached hydrogens (tertiary/aromatic N) is 3. The fourth-order valence-electron chi connectivity index (χ4n) is 4.67. The zero-order chi connectivity index (χ0) is 20.2. The van der Waals surface area contributed by atoms with E-state index in [9.17, 15) is 4.79 Å². The van der Waals surface area contributed by atoms with Crippen molar-refractivity contribution in [3.63, 3.8) is 0 Å². The van der Waals surface area contributed by atoms with Crippen LogP contribution in [-0.4, -0.2) is 56.2 Å². The maximum Gasteiger partial charge on any atom is 0.222 e. The van der Waals surface area contributed by atoms with Gasteiger partial charge in [-0.1, -0.05) is 0 Å². The van der Waals surface area contributed by atoms with Gasteiger partial charge in [-0.05, 0) is 61.6 Å². The van der Waals surface area contributed by atoms with Gasteiger partial charge in [-0.2, -0.15) is 0 Å². The third-order valence-corrected chi connectivity index (χ3v) is 6.29. The minimum Gasteiger partial charge on any atom is -0.493 e. The Morgan fingerprint density at radius 3 is 2.72 bits per heavy atom. The Kier molecular flexibility index (Phi) is 6.07. The number of carbonyl (C=O) groups excluding carboxylic acids is 1. The van der Waals surface area contributed by atoms with Crippen LogP contribution in [0.1, 0.15) is 38.5 Å². The molecule has 0 aliphatic carbocycles. The molecular weight excluding hydrogens is 366 g/mol. The van der Waals surface area contributed by atoms with E-state index in [4.69, 9.17) is 14.5 Å². The van der Waals surface area contributed by atoms with E-state index in [1.165, 1.54) is 6.42 Å². The summed E-state index contributed by atoms with van der Waals surface area (Å²) in [5.74, 6) is 3.41. The van der Waals surface area contributed by atoms with E-state index in [1.54, 1.807) is 14.2 Å². The number of anilines is 1. The fourth-order valence-corrected chi connectivity index (χ4v) is 4.67. The highest BCUT2D eigenvalue weighted by molar-refractivity contribution is 5.94. The van der Waals surface area contributed by atoms with Crippen LogP contribution in [0.4, 0.5) is 5.82 Å². The molecule has 29 heavy (non-hydrogen) atoms. The first-order valence-electron chi connectivity index (χ1n) is 10.7. The van der Waals surface area contributed by atoms with Crippen LogP contribution in [0.15, 0.2) is 24.4 Å². The van der Waals surface area contributed by atoms with Crippen LogP contribution in [0.2, 0.25) is 0 Å². The standard InChI is InChI=1S/C23H31N3O3/c1-28-20-14-18-8-10-24-23(19(18)15-21(20)29-2)26-12-5-6-17(16-26)9-13-25-11-4-3-7-22(25)27/h8,10,14-15,17H,3-7,9,11-13,16H2,1-2H3. The van der Waals surface area contributed by atoms with E-state index in [1.807, 2.05) is 24.4 Å². The lowest BCUT2D eigenvalue weighted by molar-refractivity contribution is -0.133. The topological polar surface area (TPSA) is 54.9 Å². The number of carbonyl (C=O) groups is 1. The second-order valence-corrected chi connectivity index (χ2v) is 8.14. The van der Waals surface area contributed by atoms with Gasteiger partial charge in [-0.3, -0.25) is 4.79 Å². The largest absolute Gasteiger partial charge is 0.493 e. The summed E-state index contributed by atoms with van der Waals surface area (Å²) in [6, 6.07) is 6.07. The summed E-state index contributed by atoms with van der Waals surface area (Å²) in [6.45, 7) is 3.83. The van der Waals surface area contributed by atoms with Gasteiger partial charge < -0.3 is 19.3 Å². The summed E-state index contributed by atoms with van der Waals surface area (Å²) in [7, 11) is 3.33. The van der Waals surface area contributed by atoms with Crippen molar-refractivity contribution in [2.75, 3.05) is 45.3 Å². The SMILES string of the molecule is COc1cc2ccnc(N3CCCC(CCN4CCCCC4=O)C3)c2cc1OC. The van der Waals surface area contributed by atoms with Crippen molar-refractivity contribution < 1.29 is 14.3 Å². The summed E-state index contributed by atoms with van der Waals surface area (Å²) in [6.07, 6.45) is 8.25. The summed E-state index contributed by atoms with van der Waals surface area (Å²) in [4.78, 5) is 21.3. The Bertz CT molecular complexity index is 870. The number of methoxy groups -OCH3 is 2. The molecule has 1 unspecified atom stereocenters. The molecule has 1 aromatic heterocycles. The monoisotopic (exact) mass is 397 g/mol. The molecular formula is C23H31N3O3. The van der Waals surface area contributed by atoms with Crippen LogP contribution in [0.3, 0.4) is 0 Å². The van der Waals surface area contributed by atoms with Gasteiger partial charge in [-0.25, -0.2) is 4.98 Å². The predicted octanol–water partition coefficient (Wildman–Crippen LogP) is 3.87. The van der Waals surface area contributed by atoms with Crippen LogP contribution in [-0.2, 0) is 4.79 Å². The van der Waals surface area contributed by atoms with E-state index < -0.39 is 0 Å². The zero-order valence-corrected chi connectivity index (χ0v) is 17.5. The molecule has 1 aromatic carbocycles. The van der Waals surface area contributed by atoms with Crippen molar-refractivity contribution >= 4 is 22.5 Å². The number of rotatable bonds is 6. The highest BCUT2D eigenvalue weighted by atomic mass is 16.5. The molecule has 3 heterocycles. The van der Waals surface area contributed by atoms with Crippen LogP contribution in [0.25, 0.3) is 10.8 Å². The first-order valence-corrected chi connectivity index (χ1v) is 10.7. The molecule has 2 aliphatic rings. The Hall–Kier alpha value is -2.50. The molecule has 2 fully saturated rings. The molecule has 0 radical (unpaired) electrons. The molecule has 6 heteroatoms. The Morgan fingerprint density at radius 2 is 1.93 bits per heavy atom. The Labute approximate surface area is 172 Å². The van der Waals surface area contributed by atoms with Crippen molar-refractivity contribution in [3.05, 3.63) is 24.4 Å². The van der Waals surface area contributed by atoms with Crippen LogP contribution in [0, 0.1) is 5.92 Å². The second-order valence-electron chi connectivity index (χ2n) is 8.14. The maximum absolute atomic E-state index is 12.1. The van der Waals surface area contributed by atoms with Gasteiger partial charge in [0.1, 0.15) is 5.82 Å². The molecule has 4 rings (SSSR count). The molecule has 0 N–H and O–H groups in total. The summed E-state index contributed by atoms with van der Waals surface area (Å²) >= 11 is 0. The molecule has 2 saturated heterocycles. The van der Waals surface area contributed by atoms with E-state index in [0.717, 1.165) is 86.4 Å². The first-order chi connectivity index (χ1) is 14.2. The van der Waals surface area contributed by atoms with E-state index >= 15 is 0 Å². The van der Waals surface area contributed by atoms with Gasteiger partial charge in [0.15, 0.2) is 11.5 Å². The fraction of sp³-hybridized carbons (Fsp3) is 0.565. The highest BCUT2D eigenvalue weighted by Crippen LogP contribution is 2.36. The predicted molar refractivity (Wildman–Crippen MR) is 115 cm³/mol. The van der Waals surface area contributed by atoms with Crippen molar-refractivity contribution in [1.29, 1.82) is 0 Å². The number of likely N-dealkylation sites (tertiary alicyclic amines) is 1. The van der Waals surface area contributed by atoms with Gasteiger partial charge in [0.2, 0.25) is 5.91 Å². The Balaban J connectivity index is 1.50. The van der Waals surface area contributed by atoms with E-state index in [-0.39, 0.29) is 0 Å². The number of hydrogen-bond acceptors (Lipinski definition) is 5. The minimum atomic E-state index is 0.334. The molecule has 6 nitrogen and oxygen atoms in total. The highest BCUT2D eigenvalue weighted by Gasteiger charge is 2.25. The van der Waals surface area contributed by atoms with E-state index in [0.29, 0.717) is 11.8 Å². The van der Waals surface area contributed by atoms with Crippen LogP contribution >= 0.6 is 0 Å². The lowest BCUT2D eigenvalue weighted by atomic mass is 9.93. The average molecular weight is 398 g/mol. The number of amides is 1. The number of piperidine rings is 2. The van der Waals surface area contributed by atoms with Crippen molar-refractivity contribution in [2.45, 2.75) is 38.5 Å². The maximum atomic E-state index is 12.1. The summed E-state index contributed by atoms with van der Waals surface area (Å²) in [5, 5.41) is 2.20. The van der Waals surface area contributed by atoms with Gasteiger partial charge in [-0.15, -0.1) is 0 Å². The van der Waals surface area contributed by atoms with E-state index in [2.05, 4.69) is 9.80 Å². The Morgan fingerprint density at radius 1 is 1.10 bits per heavy atom. The smallest absolute Gasteiger partial charge is 0.222 e. The average Bonchev–Trinajstić information content (AvgIpc) is 2.77. The minimum absolute atomic E-state index is 0.334. The molecule has 0 saturated carbocycles. The number of hydrogen-bond donors (Lipinski definition) is 0. The molecule has 1 amide bonds. The van der Waals surface area contributed by atoms with Gasteiger partial charge in [0, 0.05) is 44.2 Å². The molecule has 0 spiro atoms. The van der Waals surface area contributed by atoms with Crippen molar-refractivity contribution in [1.82, 2.24) is 9.88 Å². The lowest BCUT2D eigenvalue weighted by Gasteiger charge is -2.36. The normalized spacial score (nSPS) is 20.2. The number of benzene rings is 1. The quantitative estimate of drug-likeness (QED) is 0.741. The molecule has 0 bridgehead atoms. The number of aromatic nitrogens is 1. The first kappa shape index (κ1) is 19.8. The lowest BCUT2D eigenvalue weighted by Crippen LogP contribution is -2.40. The van der Waals surface area contributed by atoms with Crippen molar-refractivity contribution in [2.24, 2.45) is 5.92 Å².